The number of aromatic nitrogens is 2. The Bertz CT molecular complexity index is 3930. The number of benzene rings is 9. The first kappa shape index (κ1) is 39.5. The van der Waals surface area contributed by atoms with Crippen molar-refractivity contribution < 1.29 is 0 Å². The standard InChI is InChI=1S/C62H44N6/c1-37(2)41-17-21-45(22-18-41)65(43-11-7-5-8-12-43)55-29-25-47-49-33-58-50(34-57(49)67-53-27-15-39(35-63)31-51(53)59(55)61(47)67)48-26-30-56(60-52-32-40(36-64)16-28-54(52)68(58)62(48)60)66(44-13-9-6-10-14-44)46-23-19-42(20-24-46)38(3)4/h5-34,37-38H,1-4H3. The molecule has 322 valence electrons. The van der Waals surface area contributed by atoms with Gasteiger partial charge in [0, 0.05) is 65.8 Å². The molecule has 0 N–H and O–H groups in total. The van der Waals surface area contributed by atoms with Gasteiger partial charge in [0.15, 0.2) is 0 Å². The summed E-state index contributed by atoms with van der Waals surface area (Å²) < 4.78 is 4.86. The van der Waals surface area contributed by atoms with E-state index in [-0.39, 0.29) is 0 Å². The molecule has 4 aromatic heterocycles. The van der Waals surface area contributed by atoms with Gasteiger partial charge in [-0.25, -0.2) is 0 Å². The van der Waals surface area contributed by atoms with Gasteiger partial charge in [0.2, 0.25) is 0 Å². The maximum atomic E-state index is 10.3. The third kappa shape index (κ3) is 5.62. The zero-order valence-corrected chi connectivity index (χ0v) is 38.2. The Balaban J connectivity index is 1.12. The van der Waals surface area contributed by atoms with Crippen molar-refractivity contribution in [2.45, 2.75) is 39.5 Å². The molecule has 0 spiro atoms. The first-order chi connectivity index (χ1) is 33.3. The zero-order valence-electron chi connectivity index (χ0n) is 38.2. The van der Waals surface area contributed by atoms with Crippen LogP contribution in [0.15, 0.2) is 182 Å². The molecule has 0 aliphatic heterocycles. The van der Waals surface area contributed by atoms with Crippen molar-refractivity contribution in [1.29, 1.82) is 10.5 Å². The van der Waals surface area contributed by atoms with E-state index in [0.717, 1.165) is 110 Å². The van der Waals surface area contributed by atoms with Crippen LogP contribution in [0.3, 0.4) is 0 Å². The molecule has 0 unspecified atom stereocenters. The van der Waals surface area contributed by atoms with Gasteiger partial charge in [0.25, 0.3) is 0 Å². The fourth-order valence-corrected chi connectivity index (χ4v) is 11.1. The van der Waals surface area contributed by atoms with Crippen LogP contribution in [0.2, 0.25) is 0 Å². The van der Waals surface area contributed by atoms with E-state index in [0.29, 0.717) is 23.0 Å². The van der Waals surface area contributed by atoms with Crippen molar-refractivity contribution >= 4 is 110 Å². The van der Waals surface area contributed by atoms with Crippen molar-refractivity contribution in [3.8, 4) is 12.1 Å². The Morgan fingerprint density at radius 3 is 1.12 bits per heavy atom. The molecule has 6 heteroatoms. The lowest BCUT2D eigenvalue weighted by Gasteiger charge is -2.27. The highest BCUT2D eigenvalue weighted by Crippen LogP contribution is 2.51. The van der Waals surface area contributed by atoms with Crippen LogP contribution in [-0.4, -0.2) is 8.80 Å². The molecule has 13 aromatic rings. The lowest BCUT2D eigenvalue weighted by Crippen LogP contribution is -2.10. The van der Waals surface area contributed by atoms with E-state index in [1.165, 1.54) is 11.1 Å². The molecule has 9 aromatic carbocycles. The minimum Gasteiger partial charge on any atom is -0.310 e. The van der Waals surface area contributed by atoms with E-state index >= 15 is 0 Å². The number of hydrogen-bond acceptors (Lipinski definition) is 4. The molecular formula is C62H44N6. The minimum atomic E-state index is 0.415. The summed E-state index contributed by atoms with van der Waals surface area (Å²) in [4.78, 5) is 4.72. The second-order valence-electron chi connectivity index (χ2n) is 18.8. The van der Waals surface area contributed by atoms with E-state index in [2.05, 4.69) is 228 Å². The largest absolute Gasteiger partial charge is 0.310 e. The monoisotopic (exact) mass is 872 g/mol. The predicted octanol–water partition coefficient (Wildman–Crippen LogP) is 16.9. The number of rotatable bonds is 8. The number of hydrogen-bond donors (Lipinski definition) is 0. The van der Waals surface area contributed by atoms with Gasteiger partial charge in [-0.2, -0.15) is 10.5 Å². The van der Waals surface area contributed by atoms with Crippen LogP contribution in [-0.2, 0) is 0 Å². The lowest BCUT2D eigenvalue weighted by molar-refractivity contribution is 0.866. The summed E-state index contributed by atoms with van der Waals surface area (Å²) in [5.41, 5.74) is 16.8. The highest BCUT2D eigenvalue weighted by atomic mass is 15.2. The zero-order chi connectivity index (χ0) is 45.9. The summed E-state index contributed by atoms with van der Waals surface area (Å²) in [5, 5.41) is 29.5. The summed E-state index contributed by atoms with van der Waals surface area (Å²) in [6.07, 6.45) is 0. The minimum absolute atomic E-state index is 0.415. The van der Waals surface area contributed by atoms with Crippen molar-refractivity contribution in [1.82, 2.24) is 8.80 Å². The molecule has 0 radical (unpaired) electrons. The summed E-state index contributed by atoms with van der Waals surface area (Å²) in [6.45, 7) is 8.91. The third-order valence-corrected chi connectivity index (χ3v) is 14.4. The SMILES string of the molecule is CC(C)c1ccc(N(c2ccccc2)c2ccc3c4cc5c(cc4n4c6ccc(C#N)cc6c2c34)c2ccc(N(c3ccccc3)c3ccc(C(C)C)cc3)c3c4cc(C#N)ccc4n5c23)cc1. The Labute approximate surface area is 393 Å². The molecule has 0 saturated heterocycles. The van der Waals surface area contributed by atoms with Gasteiger partial charge >= 0.3 is 0 Å². The fourth-order valence-electron chi connectivity index (χ4n) is 11.1. The Morgan fingerprint density at radius 2 is 0.750 bits per heavy atom. The predicted molar refractivity (Wildman–Crippen MR) is 283 cm³/mol. The smallest absolute Gasteiger partial charge is 0.0991 e. The summed E-state index contributed by atoms with van der Waals surface area (Å²) >= 11 is 0. The van der Waals surface area contributed by atoms with Gasteiger partial charge in [-0.05, 0) is 132 Å². The van der Waals surface area contributed by atoms with Gasteiger partial charge in [-0.15, -0.1) is 0 Å². The molecule has 0 fully saturated rings. The lowest BCUT2D eigenvalue weighted by atomic mass is 10.0. The van der Waals surface area contributed by atoms with Crippen molar-refractivity contribution in [3.05, 3.63) is 204 Å². The average Bonchev–Trinajstić information content (AvgIpc) is 4.10. The Morgan fingerprint density at radius 1 is 0.368 bits per heavy atom. The normalized spacial score (nSPS) is 12.1. The molecule has 0 amide bonds. The van der Waals surface area contributed by atoms with E-state index in [1.54, 1.807) is 0 Å². The first-order valence-electron chi connectivity index (χ1n) is 23.4. The van der Waals surface area contributed by atoms with Gasteiger partial charge in [0.1, 0.15) is 0 Å². The fraction of sp³-hybridized carbons (Fsp3) is 0.0968. The second kappa shape index (κ2) is 14.8. The third-order valence-electron chi connectivity index (χ3n) is 14.4. The first-order valence-corrected chi connectivity index (χ1v) is 23.4. The maximum Gasteiger partial charge on any atom is 0.0991 e. The van der Waals surface area contributed by atoms with Gasteiger partial charge in [0.05, 0.1) is 67.7 Å². The highest BCUT2D eigenvalue weighted by Gasteiger charge is 2.28. The van der Waals surface area contributed by atoms with Crippen LogP contribution in [0.5, 0.6) is 0 Å². The van der Waals surface area contributed by atoms with Gasteiger partial charge < -0.3 is 18.6 Å². The number of para-hydroxylation sites is 2. The molecule has 0 saturated carbocycles. The van der Waals surface area contributed by atoms with Crippen LogP contribution in [0.4, 0.5) is 34.1 Å². The molecule has 4 heterocycles. The Kier molecular flexibility index (Phi) is 8.62. The van der Waals surface area contributed by atoms with Crippen LogP contribution in [0.25, 0.3) is 76.2 Å². The highest BCUT2D eigenvalue weighted by molar-refractivity contribution is 6.32. The van der Waals surface area contributed by atoms with E-state index < -0.39 is 0 Å². The van der Waals surface area contributed by atoms with Gasteiger partial charge in [-0.3, -0.25) is 0 Å². The quantitative estimate of drug-likeness (QED) is 0.153. The molecule has 6 nitrogen and oxygen atoms in total. The molecule has 0 aliphatic carbocycles. The molecule has 0 atom stereocenters. The average molecular weight is 873 g/mol. The van der Waals surface area contributed by atoms with E-state index in [1.807, 2.05) is 12.1 Å². The summed E-state index contributed by atoms with van der Waals surface area (Å²) in [5.74, 6) is 0.830. The van der Waals surface area contributed by atoms with Crippen LogP contribution >= 0.6 is 0 Å². The van der Waals surface area contributed by atoms with Crippen LogP contribution < -0.4 is 9.80 Å². The number of anilines is 6. The molecular weight excluding hydrogens is 829 g/mol. The molecule has 13 rings (SSSR count). The Hall–Kier alpha value is -8.84. The van der Waals surface area contributed by atoms with Crippen molar-refractivity contribution in [2.75, 3.05) is 9.80 Å². The molecule has 0 aliphatic rings. The van der Waals surface area contributed by atoms with E-state index in [9.17, 15) is 10.5 Å². The van der Waals surface area contributed by atoms with Crippen molar-refractivity contribution in [3.63, 3.8) is 0 Å². The maximum absolute atomic E-state index is 10.3. The molecule has 68 heavy (non-hydrogen) atoms. The number of nitrogens with zero attached hydrogens (tertiary/aromatic N) is 6. The topological polar surface area (TPSA) is 62.9 Å². The van der Waals surface area contributed by atoms with Crippen molar-refractivity contribution in [2.24, 2.45) is 0 Å². The summed E-state index contributed by atoms with van der Waals surface area (Å²) in [6, 6.07) is 70.1. The number of nitriles is 2. The van der Waals surface area contributed by atoms with Crippen LogP contribution in [0, 0.1) is 22.7 Å². The molecule has 0 bridgehead atoms. The number of fused-ring (bicyclic) bond motifs is 12. The van der Waals surface area contributed by atoms with Gasteiger partial charge in [-0.1, -0.05) is 100 Å². The second-order valence-corrected chi connectivity index (χ2v) is 18.8. The van der Waals surface area contributed by atoms with Crippen LogP contribution in [0.1, 0.15) is 61.8 Å². The van der Waals surface area contributed by atoms with E-state index in [4.69, 9.17) is 0 Å². The summed E-state index contributed by atoms with van der Waals surface area (Å²) in [7, 11) is 0.